The molecule has 3 aromatic rings. The predicted octanol–water partition coefficient (Wildman–Crippen LogP) is 4.66. The third-order valence-electron chi connectivity index (χ3n) is 4.60. The van der Waals surface area contributed by atoms with Gasteiger partial charge < -0.3 is 10.1 Å². The average Bonchev–Trinajstić information content (AvgIpc) is 2.74. The van der Waals surface area contributed by atoms with E-state index in [1.54, 1.807) is 18.2 Å². The lowest BCUT2D eigenvalue weighted by Crippen LogP contribution is -2.48. The molecule has 3 aromatic carbocycles. The molecule has 1 heterocycles. The lowest BCUT2D eigenvalue weighted by Gasteiger charge is -2.34. The van der Waals surface area contributed by atoms with Gasteiger partial charge in [0.05, 0.1) is 24.2 Å². The lowest BCUT2D eigenvalue weighted by molar-refractivity contribution is -0.122. The highest BCUT2D eigenvalue weighted by atomic mass is 35.5. The van der Waals surface area contributed by atoms with E-state index in [1.165, 1.54) is 17.8 Å². The number of nitrogens with one attached hydrogen (secondary N) is 1. The molecular weight excluding hydrogens is 456 g/mol. The van der Waals surface area contributed by atoms with Crippen molar-refractivity contribution in [3.63, 3.8) is 0 Å². The van der Waals surface area contributed by atoms with Crippen molar-refractivity contribution < 1.29 is 17.9 Å². The second-order valence-electron chi connectivity index (χ2n) is 6.91. The Morgan fingerprint density at radius 1 is 1.10 bits per heavy atom. The molecule has 1 amide bonds. The minimum atomic E-state index is -3.63. The van der Waals surface area contributed by atoms with Crippen molar-refractivity contribution in [2.45, 2.75) is 15.9 Å². The minimum Gasteiger partial charge on any atom is -0.476 e. The van der Waals surface area contributed by atoms with Crippen LogP contribution in [0.4, 0.5) is 11.4 Å². The summed E-state index contributed by atoms with van der Waals surface area (Å²) in [4.78, 5) is 14.9. The maximum absolute atomic E-state index is 13.0. The summed E-state index contributed by atoms with van der Waals surface area (Å²) >= 11 is 7.54. The molecule has 0 aliphatic carbocycles. The number of carbonyl (C=O) groups excluding carboxylic acids is 1. The molecule has 160 valence electrons. The zero-order chi connectivity index (χ0) is 22.0. The average molecular weight is 475 g/mol. The fourth-order valence-electron chi connectivity index (χ4n) is 3.16. The predicted molar refractivity (Wildman–Crippen MR) is 124 cm³/mol. The Labute approximate surface area is 190 Å². The summed E-state index contributed by atoms with van der Waals surface area (Å²) in [7, 11) is -3.63. The van der Waals surface area contributed by atoms with Crippen LogP contribution < -0.4 is 14.4 Å². The second kappa shape index (κ2) is 8.82. The van der Waals surface area contributed by atoms with Gasteiger partial charge in [0.2, 0.25) is 10.0 Å². The third kappa shape index (κ3) is 4.98. The number of hydrogen-bond donors (Lipinski definition) is 1. The highest BCUT2D eigenvalue weighted by molar-refractivity contribution is 7.99. The molecule has 0 spiro atoms. The van der Waals surface area contributed by atoms with Crippen LogP contribution in [0.3, 0.4) is 0 Å². The summed E-state index contributed by atoms with van der Waals surface area (Å²) in [6.45, 7) is -0.147. The van der Waals surface area contributed by atoms with E-state index in [-0.39, 0.29) is 12.3 Å². The molecular formula is C22H19ClN2O4S2. The van der Waals surface area contributed by atoms with Crippen LogP contribution in [0.1, 0.15) is 0 Å². The van der Waals surface area contributed by atoms with E-state index in [2.05, 4.69) is 5.32 Å². The van der Waals surface area contributed by atoms with Crippen LogP contribution in [0.25, 0.3) is 0 Å². The fraction of sp³-hybridized carbons (Fsp3) is 0.136. The fourth-order valence-corrected chi connectivity index (χ4v) is 5.16. The molecule has 6 nitrogen and oxygen atoms in total. The van der Waals surface area contributed by atoms with Gasteiger partial charge in [0.1, 0.15) is 5.75 Å². The number of carbonyl (C=O) groups is 1. The van der Waals surface area contributed by atoms with Crippen molar-refractivity contribution in [1.29, 1.82) is 0 Å². The Morgan fingerprint density at radius 3 is 2.55 bits per heavy atom. The number of anilines is 2. The molecule has 1 N–H and O–H groups in total. The first-order chi connectivity index (χ1) is 14.8. The van der Waals surface area contributed by atoms with Crippen molar-refractivity contribution >= 4 is 50.7 Å². The Balaban J connectivity index is 1.58. The smallest absolute Gasteiger partial charge is 0.267 e. The van der Waals surface area contributed by atoms with E-state index >= 15 is 0 Å². The molecule has 9 heteroatoms. The Bertz CT molecular complexity index is 1220. The molecule has 0 bridgehead atoms. The summed E-state index contributed by atoms with van der Waals surface area (Å²) in [6, 6.07) is 21.9. The van der Waals surface area contributed by atoms with E-state index in [0.717, 1.165) is 20.4 Å². The summed E-state index contributed by atoms with van der Waals surface area (Å²) in [5.74, 6) is -0.150. The van der Waals surface area contributed by atoms with Gasteiger partial charge >= 0.3 is 0 Å². The van der Waals surface area contributed by atoms with E-state index in [4.69, 9.17) is 16.3 Å². The molecule has 0 aromatic heterocycles. The van der Waals surface area contributed by atoms with Crippen LogP contribution in [-0.4, -0.2) is 33.2 Å². The highest BCUT2D eigenvalue weighted by Gasteiger charge is 2.35. The summed E-state index contributed by atoms with van der Waals surface area (Å²) in [6.07, 6.45) is 0.0715. The molecule has 31 heavy (non-hydrogen) atoms. The minimum absolute atomic E-state index is 0.147. The zero-order valence-electron chi connectivity index (χ0n) is 16.5. The van der Waals surface area contributed by atoms with Crippen LogP contribution in [0, 0.1) is 0 Å². The van der Waals surface area contributed by atoms with Gasteiger partial charge in [-0.1, -0.05) is 53.7 Å². The largest absolute Gasteiger partial charge is 0.476 e. The quantitative estimate of drug-likeness (QED) is 0.582. The number of fused-ring (bicyclic) bond motifs is 1. The van der Waals surface area contributed by atoms with E-state index in [1.807, 2.05) is 48.5 Å². The molecule has 1 atom stereocenters. The lowest BCUT2D eigenvalue weighted by atomic mass is 10.2. The van der Waals surface area contributed by atoms with Gasteiger partial charge in [-0.05, 0) is 42.5 Å². The van der Waals surface area contributed by atoms with Gasteiger partial charge in [0.15, 0.2) is 6.10 Å². The number of rotatable bonds is 5. The number of hydrogen-bond acceptors (Lipinski definition) is 5. The van der Waals surface area contributed by atoms with Gasteiger partial charge in [0, 0.05) is 14.8 Å². The first kappa shape index (κ1) is 21.5. The molecule has 0 fully saturated rings. The Morgan fingerprint density at radius 2 is 1.81 bits per heavy atom. The highest BCUT2D eigenvalue weighted by Crippen LogP contribution is 2.38. The molecule has 0 radical (unpaired) electrons. The first-order valence-corrected chi connectivity index (χ1v) is 12.4. The van der Waals surface area contributed by atoms with Crippen LogP contribution in [-0.2, 0) is 14.8 Å². The van der Waals surface area contributed by atoms with Gasteiger partial charge in [-0.3, -0.25) is 9.10 Å². The van der Waals surface area contributed by atoms with Crippen molar-refractivity contribution in [3.05, 3.63) is 77.8 Å². The standard InChI is InChI=1S/C22H19ClN2O4S2/c1-31(27,28)25-14-20(29-19-12-11-15(23)13-18(19)25)22(26)24-17-9-5-6-10-21(17)30-16-7-3-2-4-8-16/h2-13,20H,14H2,1H3,(H,24,26). The third-order valence-corrected chi connectivity index (χ3v) is 7.06. The van der Waals surface area contributed by atoms with Gasteiger partial charge in [0.25, 0.3) is 5.91 Å². The molecule has 0 saturated carbocycles. The second-order valence-corrected chi connectivity index (χ2v) is 10.4. The monoisotopic (exact) mass is 474 g/mol. The van der Waals surface area contributed by atoms with Crippen molar-refractivity contribution in [2.24, 2.45) is 0 Å². The number of ether oxygens (including phenoxy) is 1. The normalized spacial score (nSPS) is 15.7. The van der Waals surface area contributed by atoms with E-state index < -0.39 is 22.0 Å². The molecule has 4 rings (SSSR count). The van der Waals surface area contributed by atoms with Crippen LogP contribution in [0.2, 0.25) is 5.02 Å². The van der Waals surface area contributed by atoms with Crippen LogP contribution in [0.5, 0.6) is 5.75 Å². The topological polar surface area (TPSA) is 75.7 Å². The van der Waals surface area contributed by atoms with Crippen molar-refractivity contribution in [3.8, 4) is 5.75 Å². The Hall–Kier alpha value is -2.68. The first-order valence-electron chi connectivity index (χ1n) is 9.38. The van der Waals surface area contributed by atoms with Gasteiger partial charge in [-0.15, -0.1) is 0 Å². The summed E-state index contributed by atoms with van der Waals surface area (Å²) in [5, 5.41) is 3.26. The van der Waals surface area contributed by atoms with Crippen LogP contribution >= 0.6 is 23.4 Å². The summed E-state index contributed by atoms with van der Waals surface area (Å²) in [5.41, 5.74) is 0.942. The van der Waals surface area contributed by atoms with Crippen molar-refractivity contribution in [2.75, 3.05) is 22.4 Å². The SMILES string of the molecule is CS(=O)(=O)N1CC(C(=O)Nc2ccccc2Sc2ccccc2)Oc2ccc(Cl)cc21. The molecule has 1 aliphatic heterocycles. The number of nitrogens with zero attached hydrogens (tertiary/aromatic N) is 1. The molecule has 1 unspecified atom stereocenters. The maximum Gasteiger partial charge on any atom is 0.267 e. The van der Waals surface area contributed by atoms with Crippen LogP contribution in [0.15, 0.2) is 82.6 Å². The number of amides is 1. The zero-order valence-corrected chi connectivity index (χ0v) is 18.9. The molecule has 0 saturated heterocycles. The van der Waals surface area contributed by atoms with E-state index in [9.17, 15) is 13.2 Å². The Kier molecular flexibility index (Phi) is 6.13. The van der Waals surface area contributed by atoms with E-state index in [0.29, 0.717) is 16.4 Å². The van der Waals surface area contributed by atoms with Gasteiger partial charge in [-0.2, -0.15) is 0 Å². The molecule has 1 aliphatic rings. The number of benzene rings is 3. The number of halogens is 1. The maximum atomic E-state index is 13.0. The number of para-hydroxylation sites is 1. The van der Waals surface area contributed by atoms with Gasteiger partial charge in [-0.25, -0.2) is 8.42 Å². The number of sulfonamides is 1. The summed E-state index contributed by atoms with van der Waals surface area (Å²) < 4.78 is 31.6. The van der Waals surface area contributed by atoms with Crippen molar-refractivity contribution in [1.82, 2.24) is 0 Å².